The van der Waals surface area contributed by atoms with Crippen molar-refractivity contribution in [3.8, 4) is 0 Å². The molecule has 3 heteroatoms. The van der Waals surface area contributed by atoms with Crippen LogP contribution in [-0.4, -0.2) is 11.6 Å². The van der Waals surface area contributed by atoms with Crippen LogP contribution in [0.3, 0.4) is 0 Å². The minimum Gasteiger partial charge on any atom is -0.298 e. The van der Waals surface area contributed by atoms with E-state index in [1.165, 1.54) is 13.3 Å². The van der Waals surface area contributed by atoms with Gasteiger partial charge in [-0.15, -0.1) is 6.58 Å². The van der Waals surface area contributed by atoms with Crippen LogP contribution in [0.5, 0.6) is 0 Å². The SMILES string of the molecule is C=CCC1(OOC(C)=O)CCCCC1. The molecule has 0 N–H and O–H groups in total. The highest BCUT2D eigenvalue weighted by molar-refractivity contribution is 5.65. The monoisotopic (exact) mass is 198 g/mol. The van der Waals surface area contributed by atoms with Crippen LogP contribution >= 0.6 is 0 Å². The molecule has 14 heavy (non-hydrogen) atoms. The normalized spacial score (nSPS) is 20.1. The predicted octanol–water partition coefficient (Wildman–Crippen LogP) is 2.76. The Labute approximate surface area is 85.0 Å². The molecule has 0 amide bonds. The van der Waals surface area contributed by atoms with E-state index in [-0.39, 0.29) is 11.6 Å². The van der Waals surface area contributed by atoms with E-state index in [1.54, 1.807) is 0 Å². The molecular weight excluding hydrogens is 180 g/mol. The van der Waals surface area contributed by atoms with Gasteiger partial charge >= 0.3 is 5.97 Å². The lowest BCUT2D eigenvalue weighted by atomic mass is 9.82. The first-order valence-electron chi connectivity index (χ1n) is 5.16. The molecule has 0 aromatic heterocycles. The molecule has 1 fully saturated rings. The van der Waals surface area contributed by atoms with Crippen LogP contribution in [0, 0.1) is 0 Å². The van der Waals surface area contributed by atoms with Crippen LogP contribution in [0.4, 0.5) is 0 Å². The van der Waals surface area contributed by atoms with E-state index in [0.717, 1.165) is 32.1 Å². The molecule has 1 aliphatic rings. The summed E-state index contributed by atoms with van der Waals surface area (Å²) >= 11 is 0. The fourth-order valence-electron chi connectivity index (χ4n) is 1.93. The average molecular weight is 198 g/mol. The van der Waals surface area contributed by atoms with Crippen LogP contribution < -0.4 is 0 Å². The molecule has 0 atom stereocenters. The number of carbonyl (C=O) groups is 1. The van der Waals surface area contributed by atoms with Gasteiger partial charge in [-0.1, -0.05) is 25.3 Å². The minimum atomic E-state index is -0.390. The van der Waals surface area contributed by atoms with Crippen LogP contribution in [0.1, 0.15) is 45.4 Å². The lowest BCUT2D eigenvalue weighted by Crippen LogP contribution is -2.35. The number of carbonyl (C=O) groups excluding carboxylic acids is 1. The van der Waals surface area contributed by atoms with Gasteiger partial charge in [0.2, 0.25) is 0 Å². The highest BCUT2D eigenvalue weighted by atomic mass is 17.2. The van der Waals surface area contributed by atoms with Gasteiger partial charge < -0.3 is 0 Å². The summed E-state index contributed by atoms with van der Waals surface area (Å²) in [5.41, 5.74) is -0.300. The summed E-state index contributed by atoms with van der Waals surface area (Å²) in [7, 11) is 0. The molecule has 1 saturated carbocycles. The van der Waals surface area contributed by atoms with Gasteiger partial charge in [0.25, 0.3) is 0 Å². The molecular formula is C11H18O3. The van der Waals surface area contributed by atoms with Gasteiger partial charge in [-0.25, -0.2) is 4.79 Å². The lowest BCUT2D eigenvalue weighted by molar-refractivity contribution is -0.337. The van der Waals surface area contributed by atoms with E-state index in [9.17, 15) is 4.79 Å². The van der Waals surface area contributed by atoms with E-state index in [2.05, 4.69) is 11.5 Å². The Morgan fingerprint density at radius 3 is 2.57 bits per heavy atom. The van der Waals surface area contributed by atoms with Crippen LogP contribution in [0.2, 0.25) is 0 Å². The topological polar surface area (TPSA) is 35.5 Å². The fraction of sp³-hybridized carbons (Fsp3) is 0.727. The Morgan fingerprint density at radius 1 is 1.43 bits per heavy atom. The molecule has 3 nitrogen and oxygen atoms in total. The third kappa shape index (κ3) is 3.14. The Balaban J connectivity index is 2.50. The van der Waals surface area contributed by atoms with Gasteiger partial charge in [-0.3, -0.25) is 4.89 Å². The molecule has 0 unspecified atom stereocenters. The van der Waals surface area contributed by atoms with Gasteiger partial charge in [0.1, 0.15) is 5.60 Å². The first kappa shape index (κ1) is 11.2. The summed E-state index contributed by atoms with van der Waals surface area (Å²) < 4.78 is 0. The number of hydrogen-bond acceptors (Lipinski definition) is 3. The third-order valence-electron chi connectivity index (χ3n) is 2.62. The molecule has 1 aliphatic carbocycles. The standard InChI is InChI=1S/C11H18O3/c1-3-7-11(14-13-10(2)12)8-5-4-6-9-11/h3H,1,4-9H2,2H3. The molecule has 0 aliphatic heterocycles. The summed E-state index contributed by atoms with van der Waals surface area (Å²) in [5, 5.41) is 0. The van der Waals surface area contributed by atoms with E-state index >= 15 is 0 Å². The van der Waals surface area contributed by atoms with E-state index in [1.807, 2.05) is 6.08 Å². The average Bonchev–Trinajstić information content (AvgIpc) is 2.17. The fourth-order valence-corrected chi connectivity index (χ4v) is 1.93. The molecule has 0 spiro atoms. The first-order chi connectivity index (χ1) is 6.68. The molecule has 0 radical (unpaired) electrons. The van der Waals surface area contributed by atoms with Crippen molar-refractivity contribution in [3.05, 3.63) is 12.7 Å². The van der Waals surface area contributed by atoms with E-state index < -0.39 is 0 Å². The minimum absolute atomic E-state index is 0.300. The smallest absolute Gasteiger partial charge is 0.298 e. The molecule has 0 heterocycles. The van der Waals surface area contributed by atoms with Gasteiger partial charge in [0, 0.05) is 6.92 Å². The zero-order valence-electron chi connectivity index (χ0n) is 8.75. The summed E-state index contributed by atoms with van der Waals surface area (Å²) in [6, 6.07) is 0. The molecule has 0 bridgehead atoms. The van der Waals surface area contributed by atoms with E-state index in [4.69, 9.17) is 4.89 Å². The molecule has 0 aromatic rings. The zero-order chi connectivity index (χ0) is 10.4. The Bertz CT molecular complexity index is 205. The molecule has 1 rings (SSSR count). The van der Waals surface area contributed by atoms with Crippen molar-refractivity contribution in [1.29, 1.82) is 0 Å². The highest BCUT2D eigenvalue weighted by Gasteiger charge is 2.34. The second-order valence-electron chi connectivity index (χ2n) is 3.89. The summed E-state index contributed by atoms with van der Waals surface area (Å²) in [4.78, 5) is 20.6. The maximum Gasteiger partial charge on any atom is 0.339 e. The van der Waals surface area contributed by atoms with Gasteiger partial charge in [-0.05, 0) is 19.3 Å². The van der Waals surface area contributed by atoms with Crippen LogP contribution in [0.15, 0.2) is 12.7 Å². The van der Waals surface area contributed by atoms with Gasteiger partial charge in [-0.2, -0.15) is 4.89 Å². The maximum absolute atomic E-state index is 10.7. The lowest BCUT2D eigenvalue weighted by Gasteiger charge is -2.33. The Kier molecular flexibility index (Phi) is 4.14. The highest BCUT2D eigenvalue weighted by Crippen LogP contribution is 2.34. The zero-order valence-corrected chi connectivity index (χ0v) is 8.75. The van der Waals surface area contributed by atoms with Crippen molar-refractivity contribution < 1.29 is 14.6 Å². The summed E-state index contributed by atoms with van der Waals surface area (Å²) in [6.45, 7) is 5.06. The molecule has 0 aromatic carbocycles. The molecule has 0 saturated heterocycles. The van der Waals surface area contributed by atoms with Crippen molar-refractivity contribution in [1.82, 2.24) is 0 Å². The summed E-state index contributed by atoms with van der Waals surface area (Å²) in [6.07, 6.45) is 7.99. The Hall–Kier alpha value is -0.830. The van der Waals surface area contributed by atoms with Crippen molar-refractivity contribution in [2.45, 2.75) is 51.0 Å². The van der Waals surface area contributed by atoms with Crippen molar-refractivity contribution >= 4 is 5.97 Å². The first-order valence-corrected chi connectivity index (χ1v) is 5.16. The Morgan fingerprint density at radius 2 is 2.07 bits per heavy atom. The largest absolute Gasteiger partial charge is 0.339 e. The van der Waals surface area contributed by atoms with Crippen molar-refractivity contribution in [2.24, 2.45) is 0 Å². The second-order valence-corrected chi connectivity index (χ2v) is 3.89. The third-order valence-corrected chi connectivity index (χ3v) is 2.62. The van der Waals surface area contributed by atoms with E-state index in [0.29, 0.717) is 0 Å². The number of rotatable bonds is 4. The number of hydrogen-bond donors (Lipinski definition) is 0. The van der Waals surface area contributed by atoms with Crippen molar-refractivity contribution in [2.75, 3.05) is 0 Å². The predicted molar refractivity (Wildman–Crippen MR) is 53.5 cm³/mol. The maximum atomic E-state index is 10.7. The quantitative estimate of drug-likeness (QED) is 0.396. The van der Waals surface area contributed by atoms with Gasteiger partial charge in [0.05, 0.1) is 0 Å². The van der Waals surface area contributed by atoms with Crippen molar-refractivity contribution in [3.63, 3.8) is 0 Å². The molecule has 80 valence electrons. The second kappa shape index (κ2) is 5.15. The van der Waals surface area contributed by atoms with Crippen LogP contribution in [0.25, 0.3) is 0 Å². The van der Waals surface area contributed by atoms with Crippen LogP contribution in [-0.2, 0) is 14.6 Å². The van der Waals surface area contributed by atoms with Gasteiger partial charge in [0.15, 0.2) is 0 Å². The summed E-state index contributed by atoms with van der Waals surface area (Å²) in [5.74, 6) is -0.390.